The summed E-state index contributed by atoms with van der Waals surface area (Å²) in [6.07, 6.45) is 2.17. The predicted molar refractivity (Wildman–Crippen MR) is 153 cm³/mol. The first-order chi connectivity index (χ1) is 19.9. The van der Waals surface area contributed by atoms with Gasteiger partial charge in [0.2, 0.25) is 0 Å². The molecule has 12 heteroatoms. The number of aromatic nitrogens is 2. The van der Waals surface area contributed by atoms with Gasteiger partial charge in [0.05, 0.1) is 55.8 Å². The molecule has 0 atom stereocenters. The Morgan fingerprint density at radius 1 is 0.976 bits per heavy atom. The van der Waals surface area contributed by atoms with Crippen LogP contribution in [-0.4, -0.2) is 77.0 Å². The van der Waals surface area contributed by atoms with Crippen molar-refractivity contribution in [2.24, 2.45) is 0 Å². The van der Waals surface area contributed by atoms with Crippen LogP contribution < -0.4 is 18.9 Å². The van der Waals surface area contributed by atoms with Crippen molar-refractivity contribution in [3.63, 3.8) is 0 Å². The Morgan fingerprint density at radius 2 is 1.76 bits per heavy atom. The second-order valence-electron chi connectivity index (χ2n) is 9.37. The molecule has 3 aromatic carbocycles. The molecule has 2 heterocycles. The average Bonchev–Trinajstić information content (AvgIpc) is 2.99. The van der Waals surface area contributed by atoms with E-state index in [0.717, 1.165) is 45.3 Å². The molecule has 0 spiro atoms. The second kappa shape index (κ2) is 12.7. The lowest BCUT2D eigenvalue weighted by molar-refractivity contribution is 0.0357. The van der Waals surface area contributed by atoms with Gasteiger partial charge >= 0.3 is 0 Å². The number of benzene rings is 3. The molecule has 1 N–H and O–H groups in total. The van der Waals surface area contributed by atoms with Gasteiger partial charge in [0.15, 0.2) is 11.5 Å². The first-order valence-electron chi connectivity index (χ1n) is 13.1. The molecule has 0 amide bonds. The molecular weight excluding hydrogens is 551 g/mol. The van der Waals surface area contributed by atoms with Gasteiger partial charge < -0.3 is 18.9 Å². The topological polar surface area (TPSA) is 112 Å². The van der Waals surface area contributed by atoms with Crippen LogP contribution in [0.1, 0.15) is 6.42 Å². The molecule has 1 aliphatic rings. The van der Waals surface area contributed by atoms with E-state index in [2.05, 4.69) is 19.6 Å². The van der Waals surface area contributed by atoms with Crippen LogP contribution in [0.4, 0.5) is 10.1 Å². The van der Waals surface area contributed by atoms with E-state index < -0.39 is 15.8 Å². The van der Waals surface area contributed by atoms with E-state index in [1.165, 1.54) is 49.8 Å². The number of sulfonamides is 1. The smallest absolute Gasteiger partial charge is 0.261 e. The molecule has 10 nitrogen and oxygen atoms in total. The first kappa shape index (κ1) is 28.5. The zero-order valence-corrected chi connectivity index (χ0v) is 23.6. The van der Waals surface area contributed by atoms with Crippen molar-refractivity contribution in [2.75, 3.05) is 58.4 Å². The molecule has 0 radical (unpaired) electrons. The summed E-state index contributed by atoms with van der Waals surface area (Å²) in [5.74, 6) is 0.888. The minimum absolute atomic E-state index is 0.0241. The van der Waals surface area contributed by atoms with Crippen LogP contribution in [0.25, 0.3) is 22.2 Å². The van der Waals surface area contributed by atoms with E-state index in [1.807, 2.05) is 0 Å². The molecule has 5 rings (SSSR count). The highest BCUT2D eigenvalue weighted by atomic mass is 32.2. The Morgan fingerprint density at radius 3 is 2.46 bits per heavy atom. The molecule has 1 saturated heterocycles. The lowest BCUT2D eigenvalue weighted by atomic mass is 10.0. The monoisotopic (exact) mass is 582 g/mol. The summed E-state index contributed by atoms with van der Waals surface area (Å²) in [5, 5.41) is 0.571. The maximum absolute atomic E-state index is 15.4. The van der Waals surface area contributed by atoms with E-state index in [0.29, 0.717) is 40.5 Å². The number of fused-ring (bicyclic) bond motifs is 1. The molecule has 0 saturated carbocycles. The molecule has 1 aliphatic heterocycles. The number of halogens is 1. The summed E-state index contributed by atoms with van der Waals surface area (Å²) in [6, 6.07) is 13.5. The number of hydrogen-bond acceptors (Lipinski definition) is 9. The summed E-state index contributed by atoms with van der Waals surface area (Å²) < 4.78 is 65.5. The van der Waals surface area contributed by atoms with Crippen LogP contribution in [0.15, 0.2) is 65.8 Å². The first-order valence-corrected chi connectivity index (χ1v) is 14.6. The predicted octanol–water partition coefficient (Wildman–Crippen LogP) is 4.36. The Labute approximate surface area is 238 Å². The number of morpholine rings is 1. The standard InChI is InChI=1S/C29H31FN4O6S/c1-37-21-5-7-22(8-6-21)41(35,36)33-20-4-9-23(25(30)16-20)29-24-17-28(27(38-2)18-26(24)31-19-32-29)40-13-3-10-34-11-14-39-15-12-34/h4-9,16-19,33H,3,10-15H2,1-2H3. The van der Waals surface area contributed by atoms with E-state index >= 15 is 4.39 Å². The molecule has 1 aromatic heterocycles. The Bertz CT molecular complexity index is 1610. The zero-order valence-electron chi connectivity index (χ0n) is 22.8. The number of anilines is 1. The number of ether oxygens (including phenoxy) is 4. The van der Waals surface area contributed by atoms with Crippen LogP contribution in [0.2, 0.25) is 0 Å². The second-order valence-corrected chi connectivity index (χ2v) is 11.1. The van der Waals surface area contributed by atoms with Gasteiger partial charge in [-0.25, -0.2) is 22.8 Å². The van der Waals surface area contributed by atoms with Gasteiger partial charge in [-0.05, 0) is 55.0 Å². The van der Waals surface area contributed by atoms with E-state index in [1.54, 1.807) is 19.2 Å². The van der Waals surface area contributed by atoms with Gasteiger partial charge in [-0.1, -0.05) is 0 Å². The number of methoxy groups -OCH3 is 2. The van der Waals surface area contributed by atoms with Crippen LogP contribution in [0.3, 0.4) is 0 Å². The third kappa shape index (κ3) is 6.67. The van der Waals surface area contributed by atoms with Crippen molar-refractivity contribution in [1.82, 2.24) is 14.9 Å². The van der Waals surface area contributed by atoms with Crippen molar-refractivity contribution in [2.45, 2.75) is 11.3 Å². The fourth-order valence-corrected chi connectivity index (χ4v) is 5.64. The molecule has 0 aliphatic carbocycles. The molecule has 4 aromatic rings. The summed E-state index contributed by atoms with van der Waals surface area (Å²) in [7, 11) is -0.895. The number of nitrogens with zero attached hydrogens (tertiary/aromatic N) is 3. The zero-order chi connectivity index (χ0) is 28.8. The molecule has 0 unspecified atom stereocenters. The quantitative estimate of drug-likeness (QED) is 0.258. The summed E-state index contributed by atoms with van der Waals surface area (Å²) in [4.78, 5) is 11.0. The summed E-state index contributed by atoms with van der Waals surface area (Å²) >= 11 is 0. The normalized spacial score (nSPS) is 14.1. The Hall–Kier alpha value is -4.00. The number of hydrogen-bond donors (Lipinski definition) is 1. The number of rotatable bonds is 11. The van der Waals surface area contributed by atoms with Crippen molar-refractivity contribution in [3.05, 3.63) is 66.7 Å². The van der Waals surface area contributed by atoms with E-state index in [-0.39, 0.29) is 16.1 Å². The fourth-order valence-electron chi connectivity index (χ4n) is 4.59. The molecule has 0 bridgehead atoms. The Kier molecular flexibility index (Phi) is 8.81. The van der Waals surface area contributed by atoms with E-state index in [4.69, 9.17) is 18.9 Å². The summed E-state index contributed by atoms with van der Waals surface area (Å²) in [6.45, 7) is 4.68. The average molecular weight is 583 g/mol. The molecule has 1 fully saturated rings. The van der Waals surface area contributed by atoms with Crippen LogP contribution in [-0.2, 0) is 14.8 Å². The fraction of sp³-hybridized carbons (Fsp3) is 0.310. The van der Waals surface area contributed by atoms with Crippen LogP contribution in [0, 0.1) is 5.82 Å². The lowest BCUT2D eigenvalue weighted by Gasteiger charge is -2.26. The van der Waals surface area contributed by atoms with Crippen molar-refractivity contribution < 1.29 is 31.8 Å². The van der Waals surface area contributed by atoms with Crippen LogP contribution >= 0.6 is 0 Å². The lowest BCUT2D eigenvalue weighted by Crippen LogP contribution is -2.37. The third-order valence-corrected chi connectivity index (χ3v) is 8.14. The van der Waals surface area contributed by atoms with Gasteiger partial charge in [-0.3, -0.25) is 9.62 Å². The van der Waals surface area contributed by atoms with Crippen molar-refractivity contribution in [3.8, 4) is 28.5 Å². The SMILES string of the molecule is COc1ccc(S(=O)(=O)Nc2ccc(-c3ncnc4cc(OC)c(OCCCN5CCOCC5)cc34)c(F)c2)cc1. The minimum atomic E-state index is -3.94. The summed E-state index contributed by atoms with van der Waals surface area (Å²) in [5.41, 5.74) is 1.16. The minimum Gasteiger partial charge on any atom is -0.497 e. The highest BCUT2D eigenvalue weighted by molar-refractivity contribution is 7.92. The largest absolute Gasteiger partial charge is 0.497 e. The van der Waals surface area contributed by atoms with Gasteiger partial charge in [0.1, 0.15) is 17.9 Å². The highest BCUT2D eigenvalue weighted by Gasteiger charge is 2.19. The highest BCUT2D eigenvalue weighted by Crippen LogP contribution is 2.36. The van der Waals surface area contributed by atoms with Crippen LogP contribution in [0.5, 0.6) is 17.2 Å². The van der Waals surface area contributed by atoms with Crippen molar-refractivity contribution in [1.29, 1.82) is 0 Å². The maximum Gasteiger partial charge on any atom is 0.261 e. The molecule has 216 valence electrons. The number of nitrogens with one attached hydrogen (secondary N) is 1. The maximum atomic E-state index is 15.4. The van der Waals surface area contributed by atoms with Gasteiger partial charge in [0.25, 0.3) is 10.0 Å². The van der Waals surface area contributed by atoms with Gasteiger partial charge in [-0.2, -0.15) is 0 Å². The van der Waals surface area contributed by atoms with E-state index in [9.17, 15) is 8.42 Å². The molecule has 41 heavy (non-hydrogen) atoms. The Balaban J connectivity index is 1.36. The molecular formula is C29H31FN4O6S. The van der Waals surface area contributed by atoms with Gasteiger partial charge in [-0.15, -0.1) is 0 Å². The van der Waals surface area contributed by atoms with Crippen molar-refractivity contribution >= 4 is 26.6 Å². The third-order valence-electron chi connectivity index (χ3n) is 6.75. The van der Waals surface area contributed by atoms with Gasteiger partial charge in [0, 0.05) is 36.7 Å².